The Kier molecular flexibility index (Phi) is 5.40. The second kappa shape index (κ2) is 7.48. The van der Waals surface area contributed by atoms with Crippen LogP contribution in [0.15, 0.2) is 18.2 Å². The number of aryl methyl sites for hydroxylation is 1. The number of halogens is 3. The SMILES string of the molecule is CC1(C)OB(c2ccc3c(c2)CCCC3NC(=O)C2(NC(=O)C(F)(F)F)CC2)OC1(C)C. The fraction of sp³-hybridized carbons (Fsp3) is 0.636. The van der Waals surface area contributed by atoms with Crippen molar-refractivity contribution in [2.75, 3.05) is 0 Å². The number of hydrogen-bond donors (Lipinski definition) is 2. The summed E-state index contributed by atoms with van der Waals surface area (Å²) in [5, 5.41) is 4.74. The second-order valence-corrected chi connectivity index (χ2v) is 10.00. The van der Waals surface area contributed by atoms with E-state index in [2.05, 4.69) is 5.32 Å². The highest BCUT2D eigenvalue weighted by molar-refractivity contribution is 6.62. The molecule has 3 aliphatic rings. The van der Waals surface area contributed by atoms with Crippen LogP contribution in [0.1, 0.15) is 70.5 Å². The highest BCUT2D eigenvalue weighted by atomic mass is 19.4. The van der Waals surface area contributed by atoms with E-state index in [9.17, 15) is 22.8 Å². The van der Waals surface area contributed by atoms with E-state index in [-0.39, 0.29) is 18.9 Å². The van der Waals surface area contributed by atoms with Crippen LogP contribution >= 0.6 is 0 Å². The van der Waals surface area contributed by atoms with E-state index < -0.39 is 41.9 Å². The van der Waals surface area contributed by atoms with Gasteiger partial charge >= 0.3 is 19.2 Å². The molecule has 0 radical (unpaired) electrons. The molecule has 0 bridgehead atoms. The molecule has 174 valence electrons. The molecule has 2 fully saturated rings. The number of hydrogen-bond acceptors (Lipinski definition) is 4. The Hall–Kier alpha value is -2.07. The Morgan fingerprint density at radius 1 is 1.09 bits per heavy atom. The van der Waals surface area contributed by atoms with Gasteiger partial charge in [-0.15, -0.1) is 0 Å². The number of fused-ring (bicyclic) bond motifs is 1. The van der Waals surface area contributed by atoms with Gasteiger partial charge in [-0.05, 0) is 76.4 Å². The summed E-state index contributed by atoms with van der Waals surface area (Å²) in [4.78, 5) is 24.1. The van der Waals surface area contributed by atoms with Crippen molar-refractivity contribution < 1.29 is 32.1 Å². The van der Waals surface area contributed by atoms with Gasteiger partial charge < -0.3 is 19.9 Å². The van der Waals surface area contributed by atoms with Crippen molar-refractivity contribution in [3.05, 3.63) is 29.3 Å². The molecule has 1 aliphatic heterocycles. The Morgan fingerprint density at radius 3 is 2.28 bits per heavy atom. The summed E-state index contributed by atoms with van der Waals surface area (Å²) < 4.78 is 50.1. The Bertz CT molecular complexity index is 928. The molecule has 2 amide bonds. The summed E-state index contributed by atoms with van der Waals surface area (Å²) in [5.74, 6) is -2.65. The van der Waals surface area contributed by atoms with Gasteiger partial charge in [0.05, 0.1) is 17.2 Å². The first-order valence-corrected chi connectivity index (χ1v) is 10.9. The van der Waals surface area contributed by atoms with E-state index in [1.807, 2.05) is 51.2 Å². The number of amides is 2. The molecule has 2 N–H and O–H groups in total. The number of nitrogens with one attached hydrogen (secondary N) is 2. The molecule has 1 atom stereocenters. The topological polar surface area (TPSA) is 76.7 Å². The maximum Gasteiger partial charge on any atom is 0.494 e. The third-order valence-corrected chi connectivity index (χ3v) is 7.11. The third-order valence-electron chi connectivity index (χ3n) is 7.11. The number of rotatable bonds is 4. The molecule has 0 aromatic heterocycles. The summed E-state index contributed by atoms with van der Waals surface area (Å²) in [6.45, 7) is 7.95. The average molecular weight is 452 g/mol. The molecule has 1 aromatic carbocycles. The molecule has 1 saturated heterocycles. The molecular formula is C22H28BF3N2O4. The van der Waals surface area contributed by atoms with Crippen LogP contribution in [-0.2, 0) is 25.3 Å². The van der Waals surface area contributed by atoms with Gasteiger partial charge in [0.25, 0.3) is 0 Å². The number of carbonyl (C=O) groups is 2. The van der Waals surface area contributed by atoms with Crippen LogP contribution < -0.4 is 16.1 Å². The monoisotopic (exact) mass is 452 g/mol. The van der Waals surface area contributed by atoms with Gasteiger partial charge in [-0.1, -0.05) is 18.2 Å². The molecule has 6 nitrogen and oxygen atoms in total. The van der Waals surface area contributed by atoms with Crippen molar-refractivity contribution in [2.45, 2.75) is 88.8 Å². The Labute approximate surface area is 185 Å². The van der Waals surface area contributed by atoms with E-state index in [1.165, 1.54) is 0 Å². The quantitative estimate of drug-likeness (QED) is 0.689. The van der Waals surface area contributed by atoms with Crippen LogP contribution in [0.4, 0.5) is 13.2 Å². The minimum atomic E-state index is -5.02. The fourth-order valence-electron chi connectivity index (χ4n) is 4.23. The molecule has 4 rings (SSSR count). The summed E-state index contributed by atoms with van der Waals surface area (Å²) in [6.07, 6.45) is -2.30. The summed E-state index contributed by atoms with van der Waals surface area (Å²) in [7, 11) is -0.493. The van der Waals surface area contributed by atoms with Crippen LogP contribution in [0.2, 0.25) is 0 Å². The Balaban J connectivity index is 1.48. The van der Waals surface area contributed by atoms with Crippen molar-refractivity contribution in [2.24, 2.45) is 0 Å². The van der Waals surface area contributed by atoms with Crippen molar-refractivity contribution in [3.63, 3.8) is 0 Å². The van der Waals surface area contributed by atoms with Gasteiger partial charge in [0.1, 0.15) is 5.54 Å². The first-order chi connectivity index (χ1) is 14.7. The minimum absolute atomic E-state index is 0.196. The molecular weight excluding hydrogens is 424 g/mol. The molecule has 2 aliphatic carbocycles. The van der Waals surface area contributed by atoms with Crippen LogP contribution in [-0.4, -0.2) is 41.9 Å². The number of alkyl halides is 3. The van der Waals surface area contributed by atoms with E-state index in [0.29, 0.717) is 6.42 Å². The first-order valence-electron chi connectivity index (χ1n) is 10.9. The molecule has 1 heterocycles. The second-order valence-electron chi connectivity index (χ2n) is 10.00. The van der Waals surface area contributed by atoms with Crippen LogP contribution in [0, 0.1) is 0 Å². The van der Waals surface area contributed by atoms with E-state index >= 15 is 0 Å². The number of carbonyl (C=O) groups excluding carboxylic acids is 2. The Morgan fingerprint density at radius 2 is 1.72 bits per heavy atom. The van der Waals surface area contributed by atoms with Crippen molar-refractivity contribution >= 4 is 24.4 Å². The summed E-state index contributed by atoms with van der Waals surface area (Å²) >= 11 is 0. The van der Waals surface area contributed by atoms with Gasteiger partial charge in [0.2, 0.25) is 5.91 Å². The lowest BCUT2D eigenvalue weighted by Crippen LogP contribution is -2.53. The standard InChI is InChI=1S/C22H28BF3N2O4/c1-19(2)20(3,4)32-23(31-19)14-8-9-15-13(12-14)6-5-7-16(15)27-17(29)21(10-11-21)28-18(30)22(24,25)26/h8-9,12,16H,5-7,10-11H2,1-4H3,(H,27,29)(H,28,30). The maximum atomic E-state index is 12.8. The van der Waals surface area contributed by atoms with Crippen molar-refractivity contribution in [1.29, 1.82) is 0 Å². The predicted octanol–water partition coefficient (Wildman–Crippen LogP) is 2.69. The maximum absolute atomic E-state index is 12.8. The lowest BCUT2D eigenvalue weighted by Gasteiger charge is -2.32. The lowest BCUT2D eigenvalue weighted by molar-refractivity contribution is -0.175. The normalized spacial score (nSPS) is 25.1. The van der Waals surface area contributed by atoms with Gasteiger partial charge in [0, 0.05) is 0 Å². The van der Waals surface area contributed by atoms with Gasteiger partial charge in [-0.2, -0.15) is 13.2 Å². The largest absolute Gasteiger partial charge is 0.494 e. The smallest absolute Gasteiger partial charge is 0.399 e. The molecule has 1 unspecified atom stereocenters. The molecule has 32 heavy (non-hydrogen) atoms. The zero-order chi connectivity index (χ0) is 23.5. The zero-order valence-corrected chi connectivity index (χ0v) is 18.7. The van der Waals surface area contributed by atoms with Crippen LogP contribution in [0.25, 0.3) is 0 Å². The average Bonchev–Trinajstić information content (AvgIpc) is 3.42. The third kappa shape index (κ3) is 4.14. The summed E-state index contributed by atoms with van der Waals surface area (Å²) in [5.41, 5.74) is 0.506. The highest BCUT2D eigenvalue weighted by Gasteiger charge is 2.55. The van der Waals surface area contributed by atoms with Crippen molar-refractivity contribution in [1.82, 2.24) is 10.6 Å². The zero-order valence-electron chi connectivity index (χ0n) is 18.7. The van der Waals surface area contributed by atoms with Crippen LogP contribution in [0.3, 0.4) is 0 Å². The fourth-order valence-corrected chi connectivity index (χ4v) is 4.23. The lowest BCUT2D eigenvalue weighted by atomic mass is 9.75. The van der Waals surface area contributed by atoms with E-state index in [4.69, 9.17) is 9.31 Å². The van der Waals surface area contributed by atoms with Gasteiger partial charge in [-0.25, -0.2) is 0 Å². The molecule has 10 heteroatoms. The van der Waals surface area contributed by atoms with Gasteiger partial charge in [0.15, 0.2) is 0 Å². The van der Waals surface area contributed by atoms with Gasteiger partial charge in [-0.3, -0.25) is 9.59 Å². The van der Waals surface area contributed by atoms with E-state index in [1.54, 1.807) is 0 Å². The van der Waals surface area contributed by atoms with Crippen molar-refractivity contribution in [3.8, 4) is 0 Å². The van der Waals surface area contributed by atoms with Crippen LogP contribution in [0.5, 0.6) is 0 Å². The first kappa shape index (κ1) is 23.1. The van der Waals surface area contributed by atoms with E-state index in [0.717, 1.165) is 29.4 Å². The molecule has 0 spiro atoms. The summed E-state index contributed by atoms with van der Waals surface area (Å²) in [6, 6.07) is 5.53. The molecule has 1 saturated carbocycles. The highest BCUT2D eigenvalue weighted by Crippen LogP contribution is 2.39. The minimum Gasteiger partial charge on any atom is -0.399 e. The predicted molar refractivity (Wildman–Crippen MR) is 112 cm³/mol. The molecule has 1 aromatic rings. The number of benzene rings is 1.